The number of benzene rings is 6. The Morgan fingerprint density at radius 2 is 1.28 bits per heavy atom. The molecule has 8 aromatic rings. The van der Waals surface area contributed by atoms with E-state index in [1.54, 1.807) is 0 Å². The highest BCUT2D eigenvalue weighted by Gasteiger charge is 2.29. The van der Waals surface area contributed by atoms with Crippen LogP contribution in [-0.2, 0) is 17.4 Å². The first kappa shape index (κ1) is 37.3. The summed E-state index contributed by atoms with van der Waals surface area (Å²) in [5, 5.41) is 2.36. The third kappa shape index (κ3) is 7.00. The third-order valence-corrected chi connectivity index (χ3v) is 11.7. The Balaban J connectivity index is 1.05. The van der Waals surface area contributed by atoms with Gasteiger partial charge in [-0.25, -0.2) is 4.98 Å². The van der Waals surface area contributed by atoms with Crippen molar-refractivity contribution in [3.63, 3.8) is 0 Å². The molecule has 0 atom stereocenters. The molecule has 5 heteroatoms. The summed E-state index contributed by atoms with van der Waals surface area (Å²) in [6.07, 6.45) is 1.92. The molecule has 0 unspecified atom stereocenters. The molecule has 5 nitrogen and oxygen atoms in total. The number of anilines is 3. The molecule has 2 aromatic heterocycles. The molecule has 0 radical (unpaired) electrons. The predicted octanol–water partition coefficient (Wildman–Crippen LogP) is 14.0. The largest absolute Gasteiger partial charge is 0.457 e. The van der Waals surface area contributed by atoms with Crippen LogP contribution in [0.1, 0.15) is 69.4 Å². The summed E-state index contributed by atoms with van der Waals surface area (Å²) in [7, 11) is 0. The van der Waals surface area contributed by atoms with Crippen LogP contribution in [0.25, 0.3) is 38.8 Å². The van der Waals surface area contributed by atoms with Gasteiger partial charge >= 0.3 is 0 Å². The van der Waals surface area contributed by atoms with Gasteiger partial charge in [0.2, 0.25) is 0 Å². The van der Waals surface area contributed by atoms with E-state index in [2.05, 4.69) is 209 Å². The van der Waals surface area contributed by atoms with Gasteiger partial charge in [-0.2, -0.15) is 0 Å². The fraction of sp³-hybridized carbons (Fsp3) is 0.226. The number of ether oxygens (including phenoxy) is 1. The molecular formula is C53H52N4O. The van der Waals surface area contributed by atoms with E-state index in [1.165, 1.54) is 61.1 Å². The Kier molecular flexibility index (Phi) is 9.15. The number of aryl methyl sites for hydroxylation is 2. The van der Waals surface area contributed by atoms with Gasteiger partial charge in [-0.15, -0.1) is 0 Å². The van der Waals surface area contributed by atoms with Gasteiger partial charge in [-0.3, -0.25) is 4.57 Å². The second-order valence-corrected chi connectivity index (χ2v) is 18.0. The molecule has 6 aromatic carbocycles. The van der Waals surface area contributed by atoms with Gasteiger partial charge in [0.05, 0.1) is 29.1 Å². The monoisotopic (exact) mass is 760 g/mol. The van der Waals surface area contributed by atoms with Gasteiger partial charge in [-0.05, 0) is 124 Å². The molecule has 9 rings (SSSR count). The van der Waals surface area contributed by atoms with Crippen molar-refractivity contribution in [3.05, 3.63) is 174 Å². The smallest absolute Gasteiger partial charge is 0.137 e. The lowest BCUT2D eigenvalue weighted by molar-refractivity contribution is 0.483. The zero-order chi connectivity index (χ0) is 40.3. The highest BCUT2D eigenvalue weighted by atomic mass is 16.5. The predicted molar refractivity (Wildman–Crippen MR) is 243 cm³/mol. The molecule has 3 heterocycles. The van der Waals surface area contributed by atoms with Crippen LogP contribution in [0.3, 0.4) is 0 Å². The van der Waals surface area contributed by atoms with Gasteiger partial charge in [0, 0.05) is 41.3 Å². The lowest BCUT2D eigenvalue weighted by atomic mass is 9.84. The van der Waals surface area contributed by atoms with E-state index in [1.807, 2.05) is 6.20 Å². The number of para-hydroxylation sites is 1. The molecule has 58 heavy (non-hydrogen) atoms. The van der Waals surface area contributed by atoms with Crippen LogP contribution >= 0.6 is 0 Å². The summed E-state index contributed by atoms with van der Waals surface area (Å²) in [6.45, 7) is 19.6. The molecule has 0 fully saturated rings. The lowest BCUT2D eigenvalue weighted by Crippen LogP contribution is -2.27. The average molecular weight is 761 g/mol. The molecule has 0 bridgehead atoms. The molecular weight excluding hydrogens is 709 g/mol. The van der Waals surface area contributed by atoms with Gasteiger partial charge < -0.3 is 14.5 Å². The first-order valence-corrected chi connectivity index (χ1v) is 20.4. The van der Waals surface area contributed by atoms with Crippen molar-refractivity contribution in [1.82, 2.24) is 9.55 Å². The molecule has 0 N–H and O–H groups in total. The first-order chi connectivity index (χ1) is 27.8. The fourth-order valence-electron chi connectivity index (χ4n) is 8.29. The highest BCUT2D eigenvalue weighted by Crippen LogP contribution is 2.45. The van der Waals surface area contributed by atoms with Gasteiger partial charge in [0.15, 0.2) is 0 Å². The van der Waals surface area contributed by atoms with E-state index in [0.717, 1.165) is 47.3 Å². The van der Waals surface area contributed by atoms with Crippen LogP contribution in [0, 0.1) is 13.8 Å². The zero-order valence-corrected chi connectivity index (χ0v) is 35.0. The Bertz CT molecular complexity index is 2820. The molecule has 1 aliphatic rings. The molecule has 0 saturated heterocycles. The van der Waals surface area contributed by atoms with E-state index < -0.39 is 0 Å². The van der Waals surface area contributed by atoms with Crippen molar-refractivity contribution in [2.45, 2.75) is 72.8 Å². The standard InChI is InChI=1S/C53H52N4O/c1-35-25-49-50(26-36(35)2)56(34-55(49)33-37-27-39(38-15-10-9-11-16-38)29-41(28-37)53(6,7)8)42-17-14-18-43(31-42)58-44-21-22-46-45-19-12-13-20-47(45)57(48(46)32-44)51-30-40(23-24-54-51)52(3,4)5/h9-32H,33-34H2,1-8H3. The topological polar surface area (TPSA) is 33.5 Å². The summed E-state index contributed by atoms with van der Waals surface area (Å²) in [6, 6.07) is 50.4. The lowest BCUT2D eigenvalue weighted by Gasteiger charge is -2.25. The molecule has 290 valence electrons. The van der Waals surface area contributed by atoms with Crippen molar-refractivity contribution in [2.75, 3.05) is 16.5 Å². The first-order valence-electron chi connectivity index (χ1n) is 20.4. The Labute approximate surface area is 343 Å². The minimum atomic E-state index is 0.00336. The van der Waals surface area contributed by atoms with Crippen molar-refractivity contribution in [3.8, 4) is 28.4 Å². The SMILES string of the molecule is Cc1cc2c(cc1C)N(c1cccc(Oc3ccc4c5ccccc5n(-c5cc(C(C)(C)C)ccn5)c4c3)c1)CN2Cc1cc(-c2ccccc2)cc(C(C)(C)C)c1. The number of fused-ring (bicyclic) bond motifs is 4. The highest BCUT2D eigenvalue weighted by molar-refractivity contribution is 6.09. The van der Waals surface area contributed by atoms with Crippen molar-refractivity contribution in [1.29, 1.82) is 0 Å². The number of hydrogen-bond acceptors (Lipinski definition) is 4. The third-order valence-electron chi connectivity index (χ3n) is 11.7. The van der Waals surface area contributed by atoms with E-state index in [-0.39, 0.29) is 10.8 Å². The van der Waals surface area contributed by atoms with Gasteiger partial charge in [-0.1, -0.05) is 108 Å². The fourth-order valence-corrected chi connectivity index (χ4v) is 8.29. The quantitative estimate of drug-likeness (QED) is 0.162. The van der Waals surface area contributed by atoms with E-state index in [0.29, 0.717) is 0 Å². The maximum atomic E-state index is 6.73. The summed E-state index contributed by atoms with van der Waals surface area (Å²) in [5.41, 5.74) is 14.8. The number of pyridine rings is 1. The molecule has 1 aliphatic heterocycles. The summed E-state index contributed by atoms with van der Waals surface area (Å²) >= 11 is 0. The van der Waals surface area contributed by atoms with Gasteiger partial charge in [0.1, 0.15) is 17.3 Å². The number of hydrogen-bond donors (Lipinski definition) is 0. The van der Waals surface area contributed by atoms with Crippen LogP contribution in [0.5, 0.6) is 11.5 Å². The number of nitrogens with zero attached hydrogens (tertiary/aromatic N) is 4. The molecule has 0 saturated carbocycles. The second-order valence-electron chi connectivity index (χ2n) is 18.0. The molecule has 0 aliphatic carbocycles. The summed E-state index contributed by atoms with van der Waals surface area (Å²) in [5.74, 6) is 2.48. The average Bonchev–Trinajstić information content (AvgIpc) is 3.72. The molecule has 0 amide bonds. The van der Waals surface area contributed by atoms with Crippen molar-refractivity contribution in [2.24, 2.45) is 0 Å². The normalized spacial score (nSPS) is 13.1. The summed E-state index contributed by atoms with van der Waals surface area (Å²) < 4.78 is 9.00. The van der Waals surface area contributed by atoms with Crippen molar-refractivity contribution < 1.29 is 4.74 Å². The Morgan fingerprint density at radius 1 is 0.569 bits per heavy atom. The Morgan fingerprint density at radius 3 is 2.05 bits per heavy atom. The van der Waals surface area contributed by atoms with Crippen LogP contribution in [-0.4, -0.2) is 16.2 Å². The van der Waals surface area contributed by atoms with Crippen LogP contribution < -0.4 is 14.5 Å². The van der Waals surface area contributed by atoms with Crippen LogP contribution in [0.15, 0.2) is 146 Å². The minimum absolute atomic E-state index is 0.00336. The number of rotatable bonds is 7. The second kappa shape index (κ2) is 14.2. The zero-order valence-electron chi connectivity index (χ0n) is 35.0. The van der Waals surface area contributed by atoms with Crippen molar-refractivity contribution >= 4 is 38.9 Å². The minimum Gasteiger partial charge on any atom is -0.457 e. The maximum Gasteiger partial charge on any atom is 0.137 e. The van der Waals surface area contributed by atoms with Crippen LogP contribution in [0.4, 0.5) is 17.1 Å². The van der Waals surface area contributed by atoms with E-state index in [9.17, 15) is 0 Å². The number of aromatic nitrogens is 2. The van der Waals surface area contributed by atoms with E-state index >= 15 is 0 Å². The molecule has 0 spiro atoms. The Hall–Kier alpha value is -6.33. The maximum absolute atomic E-state index is 6.73. The van der Waals surface area contributed by atoms with Gasteiger partial charge in [0.25, 0.3) is 0 Å². The van der Waals surface area contributed by atoms with Crippen LogP contribution in [0.2, 0.25) is 0 Å². The van der Waals surface area contributed by atoms with E-state index in [4.69, 9.17) is 9.72 Å². The summed E-state index contributed by atoms with van der Waals surface area (Å²) in [4.78, 5) is 9.81.